The van der Waals surface area contributed by atoms with E-state index in [1.807, 2.05) is 54.6 Å². The van der Waals surface area contributed by atoms with Crippen molar-refractivity contribution >= 4 is 43.2 Å². The third-order valence-corrected chi connectivity index (χ3v) is 10.4. The molecular weight excluding hydrogens is 740 g/mol. The van der Waals surface area contributed by atoms with Crippen LogP contribution in [0, 0.1) is 0 Å². The van der Waals surface area contributed by atoms with Gasteiger partial charge in [-0.1, -0.05) is 101 Å². The summed E-state index contributed by atoms with van der Waals surface area (Å²) in [5.41, 5.74) is 6.84. The van der Waals surface area contributed by atoms with Gasteiger partial charge >= 0.3 is 0 Å². The van der Waals surface area contributed by atoms with E-state index in [2.05, 4.69) is 92.3 Å². The van der Waals surface area contributed by atoms with Gasteiger partial charge in [0.2, 0.25) is 0 Å². The van der Waals surface area contributed by atoms with Crippen LogP contribution >= 0.6 is 31.9 Å². The lowest BCUT2D eigenvalue weighted by molar-refractivity contribution is 0.0436. The Bertz CT molecular complexity index is 1560. The van der Waals surface area contributed by atoms with E-state index in [9.17, 15) is 0 Å². The third kappa shape index (κ3) is 10.8. The highest BCUT2D eigenvalue weighted by molar-refractivity contribution is 9.10. The Morgan fingerprint density at radius 3 is 1.92 bits per heavy atom. The van der Waals surface area contributed by atoms with Crippen molar-refractivity contribution in [1.29, 1.82) is 0 Å². The van der Waals surface area contributed by atoms with E-state index in [-0.39, 0.29) is 11.5 Å². The van der Waals surface area contributed by atoms with E-state index < -0.39 is 0 Å². The van der Waals surface area contributed by atoms with Crippen LogP contribution in [0.3, 0.4) is 0 Å². The molecule has 0 bridgehead atoms. The smallest absolute Gasteiger partial charge is 0.119 e. The Hall–Kier alpha value is -2.84. The number of fused-ring (bicyclic) bond motifs is 3. The molecule has 0 N–H and O–H groups in total. The number of hydrogen-bond donors (Lipinski definition) is 0. The summed E-state index contributed by atoms with van der Waals surface area (Å²) in [7, 11) is 0. The molecule has 4 aromatic carbocycles. The predicted octanol–water partition coefficient (Wildman–Crippen LogP) is 13.3. The first-order valence-electron chi connectivity index (χ1n) is 18.0. The minimum absolute atomic E-state index is 0.172. The monoisotopic (exact) mass is 788 g/mol. The molecule has 0 saturated heterocycles. The quantitative estimate of drug-likeness (QED) is 0.0624. The van der Waals surface area contributed by atoms with Gasteiger partial charge in [0.1, 0.15) is 5.75 Å². The number of halogens is 2. The molecule has 0 amide bonds. The van der Waals surface area contributed by atoms with Gasteiger partial charge in [-0.2, -0.15) is 10.2 Å². The Labute approximate surface area is 310 Å². The van der Waals surface area contributed by atoms with Crippen LogP contribution < -0.4 is 4.74 Å². The van der Waals surface area contributed by atoms with Crippen molar-refractivity contribution in [3.8, 4) is 16.9 Å². The number of azo groups is 1. The molecule has 49 heavy (non-hydrogen) atoms. The normalized spacial score (nSPS) is 13.8. The summed E-state index contributed by atoms with van der Waals surface area (Å²) < 4.78 is 21.0. The highest BCUT2D eigenvalue weighted by Gasteiger charge is 2.43. The van der Waals surface area contributed by atoms with E-state index >= 15 is 0 Å². The molecule has 1 aliphatic carbocycles. The summed E-state index contributed by atoms with van der Waals surface area (Å²) >= 11 is 7.55. The minimum Gasteiger partial charge on any atom is -0.494 e. The molecule has 260 valence electrons. The van der Waals surface area contributed by atoms with Crippen LogP contribution in [0.15, 0.2) is 110 Å². The van der Waals surface area contributed by atoms with Gasteiger partial charge in [-0.3, -0.25) is 0 Å². The molecule has 0 radical (unpaired) electrons. The van der Waals surface area contributed by atoms with E-state index in [1.54, 1.807) is 0 Å². The molecule has 7 heteroatoms. The molecule has 0 aliphatic heterocycles. The van der Waals surface area contributed by atoms with Gasteiger partial charge < -0.3 is 14.2 Å². The van der Waals surface area contributed by atoms with E-state index in [0.717, 1.165) is 64.8 Å². The third-order valence-electron chi connectivity index (χ3n) is 9.43. The van der Waals surface area contributed by atoms with Crippen LogP contribution in [0.1, 0.15) is 89.2 Å². The second-order valence-electron chi connectivity index (χ2n) is 13.0. The summed E-state index contributed by atoms with van der Waals surface area (Å²) in [5.74, 6) is 0.838. The van der Waals surface area contributed by atoms with Crippen molar-refractivity contribution in [1.82, 2.24) is 0 Å². The van der Waals surface area contributed by atoms with Crippen LogP contribution in [0.25, 0.3) is 11.1 Å². The average Bonchev–Trinajstić information content (AvgIpc) is 3.37. The number of benzene rings is 4. The van der Waals surface area contributed by atoms with Crippen molar-refractivity contribution in [3.05, 3.63) is 111 Å². The maximum atomic E-state index is 6.48. The Morgan fingerprint density at radius 2 is 1.24 bits per heavy atom. The number of rotatable bonds is 21. The predicted molar refractivity (Wildman–Crippen MR) is 209 cm³/mol. The lowest BCUT2D eigenvalue weighted by Crippen LogP contribution is -2.30. The second-order valence-corrected chi connectivity index (χ2v) is 14.9. The standard InChI is InChI=1S/C42H50Br2N2O3/c1-3-4-5-6-8-13-32(2)48-29-25-42(40-30-33(43)16-22-38(40)39-23-17-34(44)31-41(39)42)24-28-47-26-11-12-27-49-37-20-18-36(19-21-37)46-45-35-14-9-7-10-15-35/h7,9-10,14-23,30-32H,3-6,8,11-13,24-29H2,1-2H3. The SMILES string of the molecule is CCCCCCCC(C)OCCC1(CCOCCCCOc2ccc(N=Nc3ccccc3)cc2)c2cc(Br)ccc2-c2ccc(Br)cc21. The average molecular weight is 791 g/mol. The van der Waals surface area contributed by atoms with Crippen molar-refractivity contribution in [3.63, 3.8) is 0 Å². The van der Waals surface area contributed by atoms with Gasteiger partial charge in [0.05, 0.1) is 24.1 Å². The Morgan fingerprint density at radius 1 is 0.633 bits per heavy atom. The molecule has 5 nitrogen and oxygen atoms in total. The molecule has 0 aromatic heterocycles. The number of nitrogens with zero attached hydrogens (tertiary/aromatic N) is 2. The molecule has 1 atom stereocenters. The fourth-order valence-corrected chi connectivity index (χ4v) is 7.44. The van der Waals surface area contributed by atoms with Gasteiger partial charge in [-0.05, 0) is 122 Å². The Balaban J connectivity index is 1.11. The number of ether oxygens (including phenoxy) is 3. The first-order chi connectivity index (χ1) is 24.0. The van der Waals surface area contributed by atoms with E-state index in [4.69, 9.17) is 14.2 Å². The molecule has 1 aliphatic rings. The van der Waals surface area contributed by atoms with Gasteiger partial charge in [0.15, 0.2) is 0 Å². The summed E-state index contributed by atoms with van der Waals surface area (Å²) in [6.45, 7) is 7.27. The summed E-state index contributed by atoms with van der Waals surface area (Å²) in [4.78, 5) is 0. The molecule has 0 spiro atoms. The maximum Gasteiger partial charge on any atom is 0.119 e. The van der Waals surface area contributed by atoms with Crippen molar-refractivity contribution in [2.75, 3.05) is 26.4 Å². The van der Waals surface area contributed by atoms with Gasteiger partial charge in [-0.15, -0.1) is 0 Å². The number of hydrogen-bond acceptors (Lipinski definition) is 5. The van der Waals surface area contributed by atoms with Gasteiger partial charge in [-0.25, -0.2) is 0 Å². The van der Waals surface area contributed by atoms with Gasteiger partial charge in [0, 0.05) is 34.2 Å². The first kappa shape index (κ1) is 37.4. The van der Waals surface area contributed by atoms with Crippen molar-refractivity contribution in [2.24, 2.45) is 10.2 Å². The van der Waals surface area contributed by atoms with E-state index in [1.165, 1.54) is 54.4 Å². The highest BCUT2D eigenvalue weighted by atomic mass is 79.9. The highest BCUT2D eigenvalue weighted by Crippen LogP contribution is 2.54. The van der Waals surface area contributed by atoms with Crippen LogP contribution in [-0.2, 0) is 14.9 Å². The van der Waals surface area contributed by atoms with Crippen molar-refractivity contribution < 1.29 is 14.2 Å². The molecule has 0 heterocycles. The van der Waals surface area contributed by atoms with Crippen molar-refractivity contribution in [2.45, 2.75) is 89.6 Å². The van der Waals surface area contributed by atoms with Crippen LogP contribution in [0.2, 0.25) is 0 Å². The van der Waals surface area contributed by atoms with E-state index in [0.29, 0.717) is 19.8 Å². The minimum atomic E-state index is -0.172. The summed E-state index contributed by atoms with van der Waals surface area (Å²) in [5, 5.41) is 8.58. The van der Waals surface area contributed by atoms with Crippen LogP contribution in [0.4, 0.5) is 11.4 Å². The molecule has 1 unspecified atom stereocenters. The first-order valence-corrected chi connectivity index (χ1v) is 19.6. The largest absolute Gasteiger partial charge is 0.494 e. The zero-order valence-electron chi connectivity index (χ0n) is 29.0. The maximum absolute atomic E-state index is 6.48. The molecular formula is C42H50Br2N2O3. The van der Waals surface area contributed by atoms with Crippen LogP contribution in [-0.4, -0.2) is 32.5 Å². The molecule has 4 aromatic rings. The zero-order valence-corrected chi connectivity index (χ0v) is 32.2. The molecule has 0 saturated carbocycles. The fraction of sp³-hybridized carbons (Fsp3) is 0.429. The number of unbranched alkanes of at least 4 members (excludes halogenated alkanes) is 5. The second kappa shape index (κ2) is 19.5. The molecule has 0 fully saturated rings. The zero-order chi connectivity index (χ0) is 34.3. The van der Waals surface area contributed by atoms with Gasteiger partial charge in [0.25, 0.3) is 0 Å². The summed E-state index contributed by atoms with van der Waals surface area (Å²) in [6.07, 6.45) is 11.6. The molecule has 5 rings (SSSR count). The lowest BCUT2D eigenvalue weighted by Gasteiger charge is -2.33. The topological polar surface area (TPSA) is 52.4 Å². The van der Waals surface area contributed by atoms with Crippen LogP contribution in [0.5, 0.6) is 5.75 Å². The Kier molecular flexibility index (Phi) is 14.9. The summed E-state index contributed by atoms with van der Waals surface area (Å²) in [6, 6.07) is 30.9. The fourth-order valence-electron chi connectivity index (χ4n) is 6.72. The lowest BCUT2D eigenvalue weighted by atomic mass is 9.73.